The van der Waals surface area contributed by atoms with Gasteiger partial charge in [-0.25, -0.2) is 0 Å². The van der Waals surface area contributed by atoms with Crippen LogP contribution in [-0.4, -0.2) is 9.30 Å². The zero-order valence-electron chi connectivity index (χ0n) is 8.27. The molecule has 0 unspecified atom stereocenters. The van der Waals surface area contributed by atoms with Crippen molar-refractivity contribution < 1.29 is 5.11 Å². The summed E-state index contributed by atoms with van der Waals surface area (Å²) in [6.45, 7) is 3.78. The van der Waals surface area contributed by atoms with Gasteiger partial charge in [-0.2, -0.15) is 0 Å². The molecule has 0 heterocycles. The van der Waals surface area contributed by atoms with Crippen molar-refractivity contribution in [2.24, 2.45) is 5.41 Å². The minimum Gasteiger partial charge on any atom is -0.387 e. The summed E-state index contributed by atoms with van der Waals surface area (Å²) in [6, 6.07) is 9.49. The van der Waals surface area contributed by atoms with Crippen molar-refractivity contribution in [1.29, 1.82) is 0 Å². The van der Waals surface area contributed by atoms with Crippen molar-refractivity contribution >= 4 is 29.0 Å². The van der Waals surface area contributed by atoms with E-state index in [4.69, 9.17) is 12.2 Å². The van der Waals surface area contributed by atoms with E-state index in [-0.39, 0.29) is 0 Å². The first-order valence-corrected chi connectivity index (χ1v) is 5.28. The number of benzene rings is 1. The van der Waals surface area contributed by atoms with Crippen LogP contribution < -0.4 is 0 Å². The molecule has 1 rings (SSSR count). The molecule has 0 aliphatic carbocycles. The molecule has 1 aromatic rings. The summed E-state index contributed by atoms with van der Waals surface area (Å²) in [6.07, 6.45) is -0.603. The lowest BCUT2D eigenvalue weighted by Crippen LogP contribution is -2.27. The smallest absolute Gasteiger partial charge is 0.0894 e. The highest BCUT2D eigenvalue weighted by Crippen LogP contribution is 2.35. The Morgan fingerprint density at radius 2 is 1.86 bits per heavy atom. The van der Waals surface area contributed by atoms with Crippen LogP contribution in [-0.2, 0) is 0 Å². The van der Waals surface area contributed by atoms with Gasteiger partial charge in [0, 0.05) is 5.41 Å². The third kappa shape index (κ3) is 2.35. The normalized spacial score (nSPS) is 13.7. The van der Waals surface area contributed by atoms with Gasteiger partial charge in [-0.1, -0.05) is 56.4 Å². The largest absolute Gasteiger partial charge is 0.387 e. The van der Waals surface area contributed by atoms with E-state index in [9.17, 15) is 5.11 Å². The molecule has 1 atom stereocenters. The lowest BCUT2D eigenvalue weighted by molar-refractivity contribution is 0.0974. The van der Waals surface area contributed by atoms with E-state index in [0.29, 0.717) is 4.20 Å². The second kappa shape index (κ2) is 4.43. The number of thiol groups is 1. The van der Waals surface area contributed by atoms with Crippen LogP contribution in [0.3, 0.4) is 0 Å². The lowest BCUT2D eigenvalue weighted by Gasteiger charge is -2.29. The zero-order chi connectivity index (χ0) is 10.8. The van der Waals surface area contributed by atoms with E-state index in [1.165, 1.54) is 0 Å². The highest BCUT2D eigenvalue weighted by atomic mass is 32.1. The Balaban J connectivity index is 2.96. The number of aliphatic hydroxyl groups is 1. The fourth-order valence-corrected chi connectivity index (χ4v) is 1.40. The molecule has 0 fully saturated rings. The first-order valence-electron chi connectivity index (χ1n) is 4.42. The average molecular weight is 226 g/mol. The monoisotopic (exact) mass is 226 g/mol. The molecule has 0 saturated heterocycles. The Morgan fingerprint density at radius 3 is 2.29 bits per heavy atom. The second-order valence-corrected chi connectivity index (χ2v) is 5.00. The van der Waals surface area contributed by atoms with Crippen molar-refractivity contribution in [3.8, 4) is 0 Å². The van der Waals surface area contributed by atoms with Gasteiger partial charge in [-0.3, -0.25) is 0 Å². The summed E-state index contributed by atoms with van der Waals surface area (Å²) < 4.78 is 0.522. The molecule has 1 N–H and O–H groups in total. The molecule has 0 spiro atoms. The molecule has 76 valence electrons. The standard InChI is InChI=1S/C11H14OS2/c1-11(2,10(13)14)9(12)8-6-4-3-5-7-8/h3-7,9,12H,1-2H3,(H,13,14)/t9-/m1/s1. The molecule has 14 heavy (non-hydrogen) atoms. The van der Waals surface area contributed by atoms with Crippen molar-refractivity contribution in [1.82, 2.24) is 0 Å². The summed E-state index contributed by atoms with van der Waals surface area (Å²) in [5, 5.41) is 10.1. The maximum Gasteiger partial charge on any atom is 0.0894 e. The number of hydrogen-bond acceptors (Lipinski definition) is 2. The van der Waals surface area contributed by atoms with E-state index in [2.05, 4.69) is 12.6 Å². The van der Waals surface area contributed by atoms with E-state index in [1.807, 2.05) is 44.2 Å². The Bertz CT molecular complexity index is 319. The van der Waals surface area contributed by atoms with E-state index < -0.39 is 11.5 Å². The van der Waals surface area contributed by atoms with Gasteiger partial charge in [0.05, 0.1) is 10.3 Å². The van der Waals surface area contributed by atoms with Crippen molar-refractivity contribution in [2.75, 3.05) is 0 Å². The van der Waals surface area contributed by atoms with Gasteiger partial charge in [0.1, 0.15) is 0 Å². The van der Waals surface area contributed by atoms with Crippen LogP contribution in [0.5, 0.6) is 0 Å². The topological polar surface area (TPSA) is 20.2 Å². The number of thiocarbonyl (C=S) groups is 1. The van der Waals surface area contributed by atoms with Crippen LogP contribution in [0.4, 0.5) is 0 Å². The summed E-state index contributed by atoms with van der Waals surface area (Å²) in [4.78, 5) is 0. The first kappa shape index (κ1) is 11.7. The zero-order valence-corrected chi connectivity index (χ0v) is 9.98. The van der Waals surface area contributed by atoms with Gasteiger partial charge < -0.3 is 5.11 Å². The summed E-state index contributed by atoms with van der Waals surface area (Å²) in [7, 11) is 0. The van der Waals surface area contributed by atoms with Crippen LogP contribution in [0.15, 0.2) is 30.3 Å². The molecule has 0 aliphatic heterocycles. The molecular weight excluding hydrogens is 212 g/mol. The summed E-state index contributed by atoms with van der Waals surface area (Å²) >= 11 is 9.15. The Labute approximate surface area is 95.6 Å². The van der Waals surface area contributed by atoms with E-state index in [1.54, 1.807) is 0 Å². The van der Waals surface area contributed by atoms with Crippen LogP contribution in [0, 0.1) is 5.41 Å². The summed E-state index contributed by atoms with van der Waals surface area (Å²) in [5.74, 6) is 0. The van der Waals surface area contributed by atoms with Crippen LogP contribution in [0.1, 0.15) is 25.5 Å². The van der Waals surface area contributed by atoms with Crippen molar-refractivity contribution in [2.45, 2.75) is 20.0 Å². The Hall–Kier alpha value is -0.380. The van der Waals surface area contributed by atoms with Gasteiger partial charge in [0.25, 0.3) is 0 Å². The van der Waals surface area contributed by atoms with E-state index >= 15 is 0 Å². The molecule has 0 radical (unpaired) electrons. The van der Waals surface area contributed by atoms with E-state index in [0.717, 1.165) is 5.56 Å². The molecule has 1 nitrogen and oxygen atoms in total. The second-order valence-electron chi connectivity index (χ2n) is 3.84. The average Bonchev–Trinajstić information content (AvgIpc) is 2.17. The van der Waals surface area contributed by atoms with Crippen molar-refractivity contribution in [3.05, 3.63) is 35.9 Å². The minimum atomic E-state index is -0.603. The molecule has 0 aromatic heterocycles. The molecular formula is C11H14OS2. The third-order valence-corrected chi connectivity index (χ3v) is 3.45. The first-order chi connectivity index (χ1) is 6.46. The lowest BCUT2D eigenvalue weighted by atomic mass is 9.84. The van der Waals surface area contributed by atoms with Gasteiger partial charge in [0.15, 0.2) is 0 Å². The number of rotatable bonds is 3. The molecule has 3 heteroatoms. The quantitative estimate of drug-likeness (QED) is 0.610. The molecule has 0 amide bonds. The number of aliphatic hydroxyl groups excluding tert-OH is 1. The van der Waals surface area contributed by atoms with Crippen LogP contribution >= 0.6 is 24.8 Å². The van der Waals surface area contributed by atoms with Crippen LogP contribution in [0.2, 0.25) is 0 Å². The molecule has 0 bridgehead atoms. The van der Waals surface area contributed by atoms with Gasteiger partial charge in [-0.05, 0) is 5.56 Å². The maximum absolute atomic E-state index is 10.1. The van der Waals surface area contributed by atoms with Gasteiger partial charge >= 0.3 is 0 Å². The minimum absolute atomic E-state index is 0.486. The number of hydrogen-bond donors (Lipinski definition) is 2. The molecule has 0 saturated carbocycles. The SMILES string of the molecule is CC(C)(C(=S)S)[C@H](O)c1ccccc1. The fraction of sp³-hybridized carbons (Fsp3) is 0.364. The maximum atomic E-state index is 10.1. The predicted octanol–water partition coefficient (Wildman–Crippen LogP) is 3.00. The summed E-state index contributed by atoms with van der Waals surface area (Å²) in [5.41, 5.74) is 0.383. The highest BCUT2D eigenvalue weighted by Gasteiger charge is 2.31. The predicted molar refractivity (Wildman–Crippen MR) is 66.8 cm³/mol. The highest BCUT2D eigenvalue weighted by molar-refractivity contribution is 8.11. The Kier molecular flexibility index (Phi) is 3.70. The fourth-order valence-electron chi connectivity index (χ4n) is 1.17. The molecule has 0 aliphatic rings. The van der Waals surface area contributed by atoms with Gasteiger partial charge in [-0.15, -0.1) is 12.6 Å². The molecule has 1 aromatic carbocycles. The van der Waals surface area contributed by atoms with Gasteiger partial charge in [0.2, 0.25) is 0 Å². The van der Waals surface area contributed by atoms with Crippen LogP contribution in [0.25, 0.3) is 0 Å². The third-order valence-electron chi connectivity index (χ3n) is 2.35. The van der Waals surface area contributed by atoms with Crippen molar-refractivity contribution in [3.63, 3.8) is 0 Å². The Morgan fingerprint density at radius 1 is 1.36 bits per heavy atom.